The van der Waals surface area contributed by atoms with Gasteiger partial charge in [0.2, 0.25) is 0 Å². The molecule has 0 saturated heterocycles. The maximum Gasteiger partial charge on any atom is 0.257 e. The number of Topliss-reactive ketones (excluding diaryl/α,β-unsaturated/α-hetero) is 1. The van der Waals surface area contributed by atoms with Crippen LogP contribution in [-0.2, 0) is 11.2 Å². The van der Waals surface area contributed by atoms with Crippen molar-refractivity contribution in [3.05, 3.63) is 64.6 Å². The Morgan fingerprint density at radius 3 is 2.81 bits per heavy atom. The molecule has 2 N–H and O–H groups in total. The van der Waals surface area contributed by atoms with E-state index in [0.29, 0.717) is 47.4 Å². The first-order valence-electron chi connectivity index (χ1n) is 10.1. The number of amides is 1. The van der Waals surface area contributed by atoms with E-state index in [2.05, 4.69) is 10.3 Å². The van der Waals surface area contributed by atoms with Crippen molar-refractivity contribution in [2.75, 3.05) is 20.3 Å². The molecule has 0 spiro atoms. The van der Waals surface area contributed by atoms with E-state index in [1.165, 1.54) is 19.2 Å². The molecule has 0 unspecified atom stereocenters. The van der Waals surface area contributed by atoms with Gasteiger partial charge in [0.05, 0.1) is 12.7 Å². The summed E-state index contributed by atoms with van der Waals surface area (Å²) in [5.74, 6) is 0.228. The van der Waals surface area contributed by atoms with E-state index in [-0.39, 0.29) is 24.1 Å². The number of fused-ring (bicyclic) bond motifs is 3. The second kappa shape index (κ2) is 8.63. The molecular weight excluding hydrogens is 399 g/mol. The molecule has 7 heteroatoms. The maximum atomic E-state index is 13.7. The Bertz CT molecular complexity index is 1200. The first-order chi connectivity index (χ1) is 15.0. The molecule has 0 radical (unpaired) electrons. The van der Waals surface area contributed by atoms with Crippen LogP contribution in [0, 0.1) is 5.82 Å². The fourth-order valence-corrected chi connectivity index (χ4v) is 3.82. The lowest BCUT2D eigenvalue weighted by Gasteiger charge is -2.15. The summed E-state index contributed by atoms with van der Waals surface area (Å²) in [6.45, 7) is 2.26. The summed E-state index contributed by atoms with van der Waals surface area (Å²) in [5, 5.41) is 3.28. The van der Waals surface area contributed by atoms with Gasteiger partial charge in [0, 0.05) is 28.7 Å². The SMILES string of the molecule is CCNC(=O)COc1ccc(/C=C2/CCc3[nH]c4ccc(F)cc4c3C2=O)cc1OC. The maximum absolute atomic E-state index is 13.7. The predicted octanol–water partition coefficient (Wildman–Crippen LogP) is 4.04. The lowest BCUT2D eigenvalue weighted by Crippen LogP contribution is -2.28. The number of benzene rings is 2. The van der Waals surface area contributed by atoms with Gasteiger partial charge in [0.1, 0.15) is 5.82 Å². The largest absolute Gasteiger partial charge is 0.493 e. The minimum absolute atomic E-state index is 0.103. The lowest BCUT2D eigenvalue weighted by atomic mass is 9.88. The Labute approximate surface area is 179 Å². The summed E-state index contributed by atoms with van der Waals surface area (Å²) in [5.41, 5.74) is 3.57. The Kier molecular flexibility index (Phi) is 5.75. The highest BCUT2D eigenvalue weighted by atomic mass is 19.1. The Morgan fingerprint density at radius 1 is 1.19 bits per heavy atom. The molecular formula is C24H23FN2O4. The molecule has 3 aromatic rings. The van der Waals surface area contributed by atoms with E-state index in [1.807, 2.05) is 13.0 Å². The monoisotopic (exact) mass is 422 g/mol. The fraction of sp³-hybridized carbons (Fsp3) is 0.250. The van der Waals surface area contributed by atoms with Crippen molar-refractivity contribution in [1.82, 2.24) is 10.3 Å². The van der Waals surface area contributed by atoms with Gasteiger partial charge in [0.15, 0.2) is 23.9 Å². The fourth-order valence-electron chi connectivity index (χ4n) is 3.82. The van der Waals surface area contributed by atoms with E-state index in [9.17, 15) is 14.0 Å². The minimum atomic E-state index is -0.369. The zero-order chi connectivity index (χ0) is 22.0. The van der Waals surface area contributed by atoms with Crippen molar-refractivity contribution in [2.45, 2.75) is 19.8 Å². The van der Waals surface area contributed by atoms with Crippen molar-refractivity contribution >= 4 is 28.7 Å². The molecule has 0 aliphatic heterocycles. The molecule has 1 heterocycles. The number of ketones is 1. The number of aromatic nitrogens is 1. The van der Waals surface area contributed by atoms with Crippen molar-refractivity contribution in [3.63, 3.8) is 0 Å². The molecule has 0 saturated carbocycles. The van der Waals surface area contributed by atoms with Crippen LogP contribution >= 0.6 is 0 Å². The summed E-state index contributed by atoms with van der Waals surface area (Å²) >= 11 is 0. The van der Waals surface area contributed by atoms with E-state index in [1.54, 1.807) is 24.3 Å². The molecule has 1 amide bonds. The normalized spacial score (nSPS) is 14.5. The number of carbonyl (C=O) groups excluding carboxylic acids is 2. The van der Waals surface area contributed by atoms with Crippen LogP contribution in [-0.4, -0.2) is 36.9 Å². The molecule has 4 rings (SSSR count). The van der Waals surface area contributed by atoms with Gasteiger partial charge in [-0.25, -0.2) is 4.39 Å². The quantitative estimate of drug-likeness (QED) is 0.588. The van der Waals surface area contributed by atoms with E-state index in [0.717, 1.165) is 16.8 Å². The lowest BCUT2D eigenvalue weighted by molar-refractivity contribution is -0.123. The topological polar surface area (TPSA) is 80.4 Å². The van der Waals surface area contributed by atoms with Crippen LogP contribution in [0.25, 0.3) is 17.0 Å². The van der Waals surface area contributed by atoms with Crippen molar-refractivity contribution in [3.8, 4) is 11.5 Å². The van der Waals surface area contributed by atoms with Crippen LogP contribution in [0.3, 0.4) is 0 Å². The third-order valence-electron chi connectivity index (χ3n) is 5.26. The van der Waals surface area contributed by atoms with Crippen LogP contribution in [0.4, 0.5) is 4.39 Å². The first-order valence-corrected chi connectivity index (χ1v) is 10.1. The molecule has 0 atom stereocenters. The molecule has 0 fully saturated rings. The second-order valence-corrected chi connectivity index (χ2v) is 7.32. The minimum Gasteiger partial charge on any atom is -0.493 e. The molecule has 6 nitrogen and oxygen atoms in total. The number of ether oxygens (including phenoxy) is 2. The highest BCUT2D eigenvalue weighted by Gasteiger charge is 2.26. The molecule has 1 aliphatic carbocycles. The van der Waals surface area contributed by atoms with Gasteiger partial charge in [-0.15, -0.1) is 0 Å². The Morgan fingerprint density at radius 2 is 2.03 bits per heavy atom. The summed E-state index contributed by atoms with van der Waals surface area (Å²) in [7, 11) is 1.52. The van der Waals surface area contributed by atoms with Crippen LogP contribution in [0.5, 0.6) is 11.5 Å². The summed E-state index contributed by atoms with van der Waals surface area (Å²) < 4.78 is 24.7. The first kappa shape index (κ1) is 20.7. The number of allylic oxidation sites excluding steroid dienone is 1. The molecule has 2 aromatic carbocycles. The smallest absolute Gasteiger partial charge is 0.257 e. The van der Waals surface area contributed by atoms with E-state index >= 15 is 0 Å². The number of H-pyrrole nitrogens is 1. The zero-order valence-electron chi connectivity index (χ0n) is 17.4. The van der Waals surface area contributed by atoms with Gasteiger partial charge in [0.25, 0.3) is 5.91 Å². The number of methoxy groups -OCH3 is 1. The molecule has 1 aliphatic rings. The van der Waals surface area contributed by atoms with Gasteiger partial charge in [-0.05, 0) is 61.7 Å². The summed E-state index contributed by atoms with van der Waals surface area (Å²) in [6, 6.07) is 9.72. The van der Waals surface area contributed by atoms with Crippen molar-refractivity contribution < 1.29 is 23.5 Å². The summed E-state index contributed by atoms with van der Waals surface area (Å²) in [4.78, 5) is 28.0. The van der Waals surface area contributed by atoms with Gasteiger partial charge in [-0.2, -0.15) is 0 Å². The number of hydrogen-bond donors (Lipinski definition) is 2. The van der Waals surface area contributed by atoms with Crippen LogP contribution in [0.15, 0.2) is 42.0 Å². The van der Waals surface area contributed by atoms with Gasteiger partial charge >= 0.3 is 0 Å². The molecule has 1 aromatic heterocycles. The third kappa shape index (κ3) is 4.17. The van der Waals surface area contributed by atoms with Gasteiger partial charge < -0.3 is 19.8 Å². The number of aromatic amines is 1. The number of hydrogen-bond acceptors (Lipinski definition) is 4. The van der Waals surface area contributed by atoms with Crippen molar-refractivity contribution in [2.24, 2.45) is 0 Å². The number of aryl methyl sites for hydroxylation is 1. The molecule has 31 heavy (non-hydrogen) atoms. The van der Waals surface area contributed by atoms with E-state index in [4.69, 9.17) is 9.47 Å². The van der Waals surface area contributed by atoms with E-state index < -0.39 is 0 Å². The standard InChI is InChI=1S/C24H23FN2O4/c1-3-26-22(28)13-31-20-9-4-14(11-21(20)30-2)10-15-5-7-19-23(24(15)29)17-12-16(25)6-8-18(17)27-19/h4,6,8-12,27H,3,5,7,13H2,1-2H3,(H,26,28)/b15-10-. The van der Waals surface area contributed by atoms with Crippen LogP contribution < -0.4 is 14.8 Å². The van der Waals surface area contributed by atoms with Gasteiger partial charge in [-0.1, -0.05) is 6.07 Å². The number of halogens is 1. The molecule has 0 bridgehead atoms. The average molecular weight is 422 g/mol. The van der Waals surface area contributed by atoms with Gasteiger partial charge in [-0.3, -0.25) is 9.59 Å². The van der Waals surface area contributed by atoms with Crippen LogP contribution in [0.1, 0.15) is 35.0 Å². The van der Waals surface area contributed by atoms with Crippen LogP contribution in [0.2, 0.25) is 0 Å². The second-order valence-electron chi connectivity index (χ2n) is 7.32. The molecule has 160 valence electrons. The Hall–Kier alpha value is -3.61. The predicted molar refractivity (Wildman–Crippen MR) is 116 cm³/mol. The highest BCUT2D eigenvalue weighted by molar-refractivity contribution is 6.19. The number of carbonyl (C=O) groups is 2. The number of likely N-dealkylation sites (N-methyl/N-ethyl adjacent to an activating group) is 1. The highest BCUT2D eigenvalue weighted by Crippen LogP contribution is 2.34. The average Bonchev–Trinajstić information content (AvgIpc) is 3.13. The third-order valence-corrected chi connectivity index (χ3v) is 5.26. The number of rotatable bonds is 6. The summed E-state index contributed by atoms with van der Waals surface area (Å²) in [6.07, 6.45) is 3.08. The number of nitrogens with one attached hydrogen (secondary N) is 2. The Balaban J connectivity index is 1.60. The van der Waals surface area contributed by atoms with Crippen molar-refractivity contribution in [1.29, 1.82) is 0 Å². The zero-order valence-corrected chi connectivity index (χ0v) is 17.4.